The zero-order valence-corrected chi connectivity index (χ0v) is 5.78. The molecule has 11 heavy (non-hydrogen) atoms. The van der Waals surface area contributed by atoms with Gasteiger partial charge in [0.15, 0.2) is 0 Å². The molecule has 0 amide bonds. The Morgan fingerprint density at radius 3 is 2.36 bits per heavy atom. The molecular formula is C6H9NO4. The Bertz CT molecular complexity index is 191. The Labute approximate surface area is 63.0 Å². The molecule has 0 bridgehead atoms. The van der Waals surface area contributed by atoms with Gasteiger partial charge in [0.1, 0.15) is 6.04 Å². The largest absolute Gasteiger partial charge is 0.481 e. The van der Waals surface area contributed by atoms with Crippen molar-refractivity contribution in [1.82, 2.24) is 5.32 Å². The van der Waals surface area contributed by atoms with Crippen molar-refractivity contribution >= 4 is 11.9 Å². The summed E-state index contributed by atoms with van der Waals surface area (Å²) in [6.45, 7) is 0.489. The number of carboxylic acids is 2. The van der Waals surface area contributed by atoms with E-state index in [0.29, 0.717) is 6.54 Å². The molecule has 0 aromatic heterocycles. The van der Waals surface area contributed by atoms with Crippen molar-refractivity contribution in [2.24, 2.45) is 5.92 Å². The molecule has 5 nitrogen and oxygen atoms in total. The van der Waals surface area contributed by atoms with E-state index in [-0.39, 0.29) is 12.3 Å². The van der Waals surface area contributed by atoms with Crippen LogP contribution in [0, 0.1) is 5.92 Å². The number of nitrogens with one attached hydrogen (secondary N) is 1. The van der Waals surface area contributed by atoms with E-state index in [1.54, 1.807) is 0 Å². The molecular weight excluding hydrogens is 150 g/mol. The van der Waals surface area contributed by atoms with Gasteiger partial charge in [-0.2, -0.15) is 0 Å². The summed E-state index contributed by atoms with van der Waals surface area (Å²) in [5.41, 5.74) is 0. The van der Waals surface area contributed by atoms with E-state index in [2.05, 4.69) is 5.32 Å². The van der Waals surface area contributed by atoms with Crippen LogP contribution in [0.15, 0.2) is 0 Å². The normalized spacial score (nSPS) is 29.1. The molecule has 1 fully saturated rings. The van der Waals surface area contributed by atoms with E-state index < -0.39 is 18.0 Å². The SMILES string of the molecule is O=C(O)C[C@@H]1CN[C@H]1C(=O)O. The van der Waals surface area contributed by atoms with E-state index >= 15 is 0 Å². The van der Waals surface area contributed by atoms with Crippen LogP contribution in [0.2, 0.25) is 0 Å². The highest BCUT2D eigenvalue weighted by atomic mass is 16.4. The molecule has 0 aromatic rings. The maximum Gasteiger partial charge on any atom is 0.321 e. The Balaban J connectivity index is 2.37. The van der Waals surface area contributed by atoms with E-state index in [4.69, 9.17) is 10.2 Å². The number of carbonyl (C=O) groups is 2. The minimum Gasteiger partial charge on any atom is -0.481 e. The maximum absolute atomic E-state index is 10.3. The zero-order chi connectivity index (χ0) is 8.43. The molecule has 1 aliphatic heterocycles. The van der Waals surface area contributed by atoms with Crippen molar-refractivity contribution in [2.45, 2.75) is 12.5 Å². The molecule has 2 atom stereocenters. The third-order valence-corrected chi connectivity index (χ3v) is 1.77. The van der Waals surface area contributed by atoms with Crippen LogP contribution in [0.4, 0.5) is 0 Å². The number of carboxylic acid groups (broad SMARTS) is 2. The Morgan fingerprint density at radius 2 is 2.09 bits per heavy atom. The average Bonchev–Trinajstić information content (AvgIpc) is 1.78. The minimum atomic E-state index is -0.970. The van der Waals surface area contributed by atoms with E-state index in [1.165, 1.54) is 0 Å². The van der Waals surface area contributed by atoms with Gasteiger partial charge in [0.25, 0.3) is 0 Å². The Hall–Kier alpha value is -1.10. The molecule has 1 saturated heterocycles. The average molecular weight is 159 g/mol. The summed E-state index contributed by atoms with van der Waals surface area (Å²) in [6.07, 6.45) is -0.0655. The van der Waals surface area contributed by atoms with Gasteiger partial charge in [0, 0.05) is 12.5 Å². The predicted octanol–water partition coefficient (Wildman–Crippen LogP) is -0.866. The number of hydrogen-bond donors (Lipinski definition) is 3. The second kappa shape index (κ2) is 2.87. The topological polar surface area (TPSA) is 86.6 Å². The molecule has 62 valence electrons. The van der Waals surface area contributed by atoms with Crippen molar-refractivity contribution in [2.75, 3.05) is 6.54 Å². The lowest BCUT2D eigenvalue weighted by atomic mass is 9.89. The molecule has 5 heteroatoms. The first-order chi connectivity index (χ1) is 5.11. The second-order valence-electron chi connectivity index (χ2n) is 2.58. The van der Waals surface area contributed by atoms with Gasteiger partial charge < -0.3 is 15.5 Å². The lowest BCUT2D eigenvalue weighted by Crippen LogP contribution is -2.57. The van der Waals surface area contributed by atoms with Gasteiger partial charge in [0.05, 0.1) is 6.42 Å². The van der Waals surface area contributed by atoms with Crippen LogP contribution in [-0.4, -0.2) is 34.7 Å². The highest BCUT2D eigenvalue weighted by Crippen LogP contribution is 2.16. The fourth-order valence-electron chi connectivity index (χ4n) is 1.11. The van der Waals surface area contributed by atoms with Gasteiger partial charge in [0.2, 0.25) is 0 Å². The number of hydrogen-bond acceptors (Lipinski definition) is 3. The Morgan fingerprint density at radius 1 is 1.45 bits per heavy atom. The molecule has 0 radical (unpaired) electrons. The van der Waals surface area contributed by atoms with E-state index in [1.807, 2.05) is 0 Å². The first-order valence-corrected chi connectivity index (χ1v) is 3.29. The van der Waals surface area contributed by atoms with E-state index in [9.17, 15) is 9.59 Å². The second-order valence-corrected chi connectivity index (χ2v) is 2.58. The summed E-state index contributed by atoms with van der Waals surface area (Å²) in [5.74, 6) is -2.16. The highest BCUT2D eigenvalue weighted by Gasteiger charge is 2.37. The minimum absolute atomic E-state index is 0.0655. The van der Waals surface area contributed by atoms with Crippen LogP contribution in [0.1, 0.15) is 6.42 Å². The van der Waals surface area contributed by atoms with Crippen molar-refractivity contribution < 1.29 is 19.8 Å². The smallest absolute Gasteiger partial charge is 0.321 e. The van der Waals surface area contributed by atoms with Crippen LogP contribution in [-0.2, 0) is 9.59 Å². The van der Waals surface area contributed by atoms with Crippen molar-refractivity contribution in [3.8, 4) is 0 Å². The summed E-state index contributed by atoms with van der Waals surface area (Å²) in [4.78, 5) is 20.5. The van der Waals surface area contributed by atoms with Crippen LogP contribution >= 0.6 is 0 Å². The van der Waals surface area contributed by atoms with Crippen LogP contribution in [0.3, 0.4) is 0 Å². The quantitative estimate of drug-likeness (QED) is 0.498. The third kappa shape index (κ3) is 1.68. The molecule has 1 rings (SSSR count). The predicted molar refractivity (Wildman–Crippen MR) is 35.2 cm³/mol. The van der Waals surface area contributed by atoms with Crippen molar-refractivity contribution in [1.29, 1.82) is 0 Å². The molecule has 3 N–H and O–H groups in total. The maximum atomic E-state index is 10.3. The monoisotopic (exact) mass is 159 g/mol. The van der Waals surface area contributed by atoms with Gasteiger partial charge in [-0.1, -0.05) is 0 Å². The summed E-state index contributed by atoms with van der Waals surface area (Å²) in [5, 5.41) is 19.4. The van der Waals surface area contributed by atoms with Gasteiger partial charge in [-0.3, -0.25) is 9.59 Å². The van der Waals surface area contributed by atoms with Crippen LogP contribution in [0.5, 0.6) is 0 Å². The van der Waals surface area contributed by atoms with Crippen molar-refractivity contribution in [3.05, 3.63) is 0 Å². The molecule has 0 aromatic carbocycles. The molecule has 1 aliphatic rings. The summed E-state index contributed by atoms with van der Waals surface area (Å²) in [7, 11) is 0. The molecule has 1 heterocycles. The van der Waals surface area contributed by atoms with Crippen LogP contribution in [0.25, 0.3) is 0 Å². The van der Waals surface area contributed by atoms with Gasteiger partial charge in [-0.25, -0.2) is 0 Å². The van der Waals surface area contributed by atoms with E-state index in [0.717, 1.165) is 0 Å². The zero-order valence-electron chi connectivity index (χ0n) is 5.78. The van der Waals surface area contributed by atoms with Crippen LogP contribution < -0.4 is 5.32 Å². The lowest BCUT2D eigenvalue weighted by molar-refractivity contribution is -0.146. The fraction of sp³-hybridized carbons (Fsp3) is 0.667. The van der Waals surface area contributed by atoms with Gasteiger partial charge >= 0.3 is 11.9 Å². The summed E-state index contributed by atoms with van der Waals surface area (Å²) in [6, 6.07) is -0.661. The molecule has 0 aliphatic carbocycles. The number of rotatable bonds is 3. The first-order valence-electron chi connectivity index (χ1n) is 3.29. The van der Waals surface area contributed by atoms with Gasteiger partial charge in [-0.05, 0) is 0 Å². The lowest BCUT2D eigenvalue weighted by Gasteiger charge is -2.33. The molecule has 0 spiro atoms. The summed E-state index contributed by atoms with van der Waals surface area (Å²) >= 11 is 0. The molecule has 0 unspecified atom stereocenters. The third-order valence-electron chi connectivity index (χ3n) is 1.77. The molecule has 0 saturated carbocycles. The van der Waals surface area contributed by atoms with Crippen molar-refractivity contribution in [3.63, 3.8) is 0 Å². The Kier molecular flexibility index (Phi) is 2.09. The standard InChI is InChI=1S/C6H9NO4/c8-4(9)1-3-2-7-5(3)6(10)11/h3,5,7H,1-2H2,(H,8,9)(H,10,11)/t3-,5-/m1/s1. The number of aliphatic carboxylic acids is 2. The highest BCUT2D eigenvalue weighted by molar-refractivity contribution is 5.77. The fourth-order valence-corrected chi connectivity index (χ4v) is 1.11. The van der Waals surface area contributed by atoms with Gasteiger partial charge in [-0.15, -0.1) is 0 Å². The first kappa shape index (κ1) is 8.00. The summed E-state index contributed by atoms with van der Waals surface area (Å²) < 4.78 is 0.